The zero-order valence-corrected chi connectivity index (χ0v) is 17.9. The van der Waals surface area contributed by atoms with Gasteiger partial charge in [-0.3, -0.25) is 0 Å². The summed E-state index contributed by atoms with van der Waals surface area (Å²) in [7, 11) is 0. The van der Waals surface area contributed by atoms with Crippen LogP contribution in [0, 0.1) is 0 Å². The van der Waals surface area contributed by atoms with Gasteiger partial charge in [-0.05, 0) is 30.9 Å². The van der Waals surface area contributed by atoms with E-state index in [-0.39, 0.29) is 6.04 Å². The normalized spacial score (nSPS) is 18.8. The maximum Gasteiger partial charge on any atom is 0.134 e. The van der Waals surface area contributed by atoms with E-state index in [0.29, 0.717) is 16.3 Å². The fraction of sp³-hybridized carbons (Fsp3) is 0.217. The Morgan fingerprint density at radius 3 is 1.93 bits per heavy atom. The summed E-state index contributed by atoms with van der Waals surface area (Å²) in [5.41, 5.74) is 5.77. The highest BCUT2D eigenvalue weighted by Crippen LogP contribution is 2.33. The predicted molar refractivity (Wildman–Crippen MR) is 122 cm³/mol. The molecule has 2 unspecified atom stereocenters. The molecule has 152 valence electrons. The molecule has 1 aliphatic rings. The van der Waals surface area contributed by atoms with Crippen LogP contribution < -0.4 is 5.32 Å². The number of imidazole rings is 2. The lowest BCUT2D eigenvalue weighted by Gasteiger charge is -2.08. The number of aromatic nitrogens is 4. The fourth-order valence-corrected chi connectivity index (χ4v) is 4.44. The van der Waals surface area contributed by atoms with Crippen molar-refractivity contribution in [3.8, 4) is 33.6 Å². The molecule has 2 aromatic heterocycles. The van der Waals surface area contributed by atoms with Crippen LogP contribution in [0.1, 0.15) is 31.6 Å². The summed E-state index contributed by atoms with van der Waals surface area (Å²) in [4.78, 5) is 15.2. The molecule has 3 N–H and O–H groups in total. The summed E-state index contributed by atoms with van der Waals surface area (Å²) in [5.74, 6) is 0.913. The molecule has 4 aromatic rings. The standard InChI is InChI=1S/C23H21Cl2N5/c1-13-2-11-18(28-13)23-29-20(22(25)30-23)17-9-5-15(6-10-17)14-3-7-16(8-4-14)19-21(24)27-12-26-19/h3-10,12-13,18,28H,2,11H2,1H3,(H,26,27)(H,29,30). The quantitative estimate of drug-likeness (QED) is 0.353. The molecule has 5 nitrogen and oxygen atoms in total. The number of nitrogens with zero attached hydrogens (tertiary/aromatic N) is 2. The minimum Gasteiger partial charge on any atom is -0.335 e. The molecule has 2 aromatic carbocycles. The number of H-pyrrole nitrogens is 2. The Bertz CT molecular complexity index is 1160. The number of rotatable bonds is 4. The van der Waals surface area contributed by atoms with Crippen molar-refractivity contribution in [2.45, 2.75) is 31.8 Å². The largest absolute Gasteiger partial charge is 0.335 e. The molecule has 0 amide bonds. The van der Waals surface area contributed by atoms with Gasteiger partial charge in [-0.1, -0.05) is 71.7 Å². The van der Waals surface area contributed by atoms with Crippen LogP contribution in [0.2, 0.25) is 10.3 Å². The summed E-state index contributed by atoms with van der Waals surface area (Å²) in [6, 6.07) is 17.2. The Hall–Kier alpha value is -2.60. The molecule has 1 fully saturated rings. The third kappa shape index (κ3) is 3.65. The monoisotopic (exact) mass is 437 g/mol. The second-order valence-corrected chi connectivity index (χ2v) is 8.46. The molecule has 30 heavy (non-hydrogen) atoms. The first-order chi connectivity index (χ1) is 14.6. The third-order valence-electron chi connectivity index (χ3n) is 5.62. The second kappa shape index (κ2) is 7.91. The number of benzene rings is 2. The Morgan fingerprint density at radius 1 is 0.800 bits per heavy atom. The molecular weight excluding hydrogens is 417 g/mol. The molecule has 7 heteroatoms. The van der Waals surface area contributed by atoms with Crippen molar-refractivity contribution < 1.29 is 0 Å². The molecular formula is C23H21Cl2N5. The van der Waals surface area contributed by atoms with E-state index in [1.165, 1.54) is 0 Å². The first kappa shape index (κ1) is 19.4. The summed E-state index contributed by atoms with van der Waals surface area (Å²) in [5, 5.41) is 4.67. The van der Waals surface area contributed by atoms with E-state index < -0.39 is 0 Å². The highest BCUT2D eigenvalue weighted by molar-refractivity contribution is 6.32. The number of hydrogen-bond acceptors (Lipinski definition) is 3. The summed E-state index contributed by atoms with van der Waals surface area (Å²) >= 11 is 12.6. The molecule has 5 rings (SSSR count). The van der Waals surface area contributed by atoms with Crippen LogP contribution in [0.25, 0.3) is 33.6 Å². The predicted octanol–water partition coefficient (Wildman–Crippen LogP) is 6.25. The maximum absolute atomic E-state index is 6.47. The van der Waals surface area contributed by atoms with Crippen LogP contribution in [0.3, 0.4) is 0 Å². The van der Waals surface area contributed by atoms with E-state index in [9.17, 15) is 0 Å². The van der Waals surface area contributed by atoms with Crippen molar-refractivity contribution in [3.05, 3.63) is 71.0 Å². The van der Waals surface area contributed by atoms with Gasteiger partial charge in [0.25, 0.3) is 0 Å². The SMILES string of the molecule is CC1CCC(c2nc(-c3ccc(-c4ccc(-c5nc[nH]c5Cl)cc4)cc3)c(Cl)[nH]2)N1. The van der Waals surface area contributed by atoms with Gasteiger partial charge >= 0.3 is 0 Å². The van der Waals surface area contributed by atoms with Gasteiger partial charge in [-0.15, -0.1) is 0 Å². The zero-order chi connectivity index (χ0) is 20.7. The third-order valence-corrected chi connectivity index (χ3v) is 6.19. The van der Waals surface area contributed by atoms with Crippen molar-refractivity contribution in [2.24, 2.45) is 0 Å². The molecule has 0 radical (unpaired) electrons. The van der Waals surface area contributed by atoms with Crippen molar-refractivity contribution in [2.75, 3.05) is 0 Å². The summed E-state index contributed by atoms with van der Waals surface area (Å²) < 4.78 is 0. The van der Waals surface area contributed by atoms with E-state index in [1.54, 1.807) is 6.33 Å². The highest BCUT2D eigenvalue weighted by atomic mass is 35.5. The molecule has 0 aliphatic carbocycles. The molecule has 2 atom stereocenters. The fourth-order valence-electron chi connectivity index (χ4n) is 3.99. The maximum atomic E-state index is 6.47. The first-order valence-corrected chi connectivity index (χ1v) is 10.8. The molecule has 0 spiro atoms. The summed E-state index contributed by atoms with van der Waals surface area (Å²) in [6.45, 7) is 2.19. The molecule has 1 saturated heterocycles. The Balaban J connectivity index is 1.37. The molecule has 1 aliphatic heterocycles. The number of hydrogen-bond donors (Lipinski definition) is 3. The Kier molecular flexibility index (Phi) is 5.11. The van der Waals surface area contributed by atoms with Crippen molar-refractivity contribution in [1.82, 2.24) is 25.3 Å². The zero-order valence-electron chi connectivity index (χ0n) is 16.4. The van der Waals surface area contributed by atoms with Crippen LogP contribution in [-0.2, 0) is 0 Å². The van der Waals surface area contributed by atoms with Gasteiger partial charge in [0, 0.05) is 17.2 Å². The average Bonchev–Trinajstić information content (AvgIpc) is 3.48. The van der Waals surface area contributed by atoms with Crippen molar-refractivity contribution in [1.29, 1.82) is 0 Å². The van der Waals surface area contributed by atoms with E-state index in [4.69, 9.17) is 28.2 Å². The Labute approximate surface area is 184 Å². The number of aromatic amines is 2. The van der Waals surface area contributed by atoms with Gasteiger partial charge in [-0.25, -0.2) is 9.97 Å². The number of nitrogens with one attached hydrogen (secondary N) is 3. The van der Waals surface area contributed by atoms with Gasteiger partial charge in [0.2, 0.25) is 0 Å². The van der Waals surface area contributed by atoms with E-state index >= 15 is 0 Å². The van der Waals surface area contributed by atoms with E-state index in [1.807, 2.05) is 12.1 Å². The van der Waals surface area contributed by atoms with Crippen LogP contribution in [-0.4, -0.2) is 26.0 Å². The van der Waals surface area contributed by atoms with Gasteiger partial charge in [0.05, 0.1) is 12.4 Å². The van der Waals surface area contributed by atoms with Crippen molar-refractivity contribution in [3.63, 3.8) is 0 Å². The van der Waals surface area contributed by atoms with Gasteiger partial charge in [-0.2, -0.15) is 0 Å². The van der Waals surface area contributed by atoms with Crippen LogP contribution in [0.15, 0.2) is 54.9 Å². The van der Waals surface area contributed by atoms with Crippen LogP contribution in [0.5, 0.6) is 0 Å². The molecule has 3 heterocycles. The van der Waals surface area contributed by atoms with Gasteiger partial charge in [0.1, 0.15) is 27.5 Å². The highest BCUT2D eigenvalue weighted by Gasteiger charge is 2.25. The van der Waals surface area contributed by atoms with Crippen LogP contribution >= 0.6 is 23.2 Å². The van der Waals surface area contributed by atoms with Gasteiger partial charge < -0.3 is 15.3 Å². The van der Waals surface area contributed by atoms with E-state index in [0.717, 1.165) is 52.3 Å². The van der Waals surface area contributed by atoms with Gasteiger partial charge in [0.15, 0.2) is 0 Å². The molecule has 0 saturated carbocycles. The minimum absolute atomic E-state index is 0.243. The number of halogens is 2. The lowest BCUT2D eigenvalue weighted by molar-refractivity contribution is 0.564. The Morgan fingerprint density at radius 2 is 1.40 bits per heavy atom. The lowest BCUT2D eigenvalue weighted by atomic mass is 10.0. The lowest BCUT2D eigenvalue weighted by Crippen LogP contribution is -2.21. The average molecular weight is 438 g/mol. The smallest absolute Gasteiger partial charge is 0.134 e. The van der Waals surface area contributed by atoms with E-state index in [2.05, 4.69) is 63.6 Å². The van der Waals surface area contributed by atoms with Crippen molar-refractivity contribution >= 4 is 23.2 Å². The summed E-state index contributed by atoms with van der Waals surface area (Å²) in [6.07, 6.45) is 3.82. The molecule has 0 bridgehead atoms. The van der Waals surface area contributed by atoms with Crippen LogP contribution in [0.4, 0.5) is 0 Å². The topological polar surface area (TPSA) is 69.4 Å². The first-order valence-electron chi connectivity index (χ1n) is 10.00. The minimum atomic E-state index is 0.243. The second-order valence-electron chi connectivity index (χ2n) is 7.70.